The van der Waals surface area contributed by atoms with E-state index in [0.29, 0.717) is 17.1 Å². The second-order valence-electron chi connectivity index (χ2n) is 5.01. The first-order valence-corrected chi connectivity index (χ1v) is 10.2. The van der Waals surface area contributed by atoms with Crippen molar-refractivity contribution in [1.82, 2.24) is 0 Å². The summed E-state index contributed by atoms with van der Waals surface area (Å²) in [7, 11) is -6.35. The Bertz CT molecular complexity index is 713. The zero-order chi connectivity index (χ0) is 15.0. The molecule has 5 nitrogen and oxygen atoms in total. The lowest BCUT2D eigenvalue weighted by Gasteiger charge is -2.24. The number of rotatable bonds is 3. The van der Waals surface area contributed by atoms with Crippen LogP contribution < -0.4 is 5.32 Å². The third-order valence-electron chi connectivity index (χ3n) is 3.19. The fourth-order valence-electron chi connectivity index (χ4n) is 2.20. The van der Waals surface area contributed by atoms with Crippen LogP contribution in [0, 0.1) is 0 Å². The Morgan fingerprint density at radius 1 is 1.35 bits per heavy atom. The Labute approximate surface area is 124 Å². The van der Waals surface area contributed by atoms with Crippen LogP contribution in [-0.4, -0.2) is 40.6 Å². The maximum absolute atomic E-state index is 11.6. The summed E-state index contributed by atoms with van der Waals surface area (Å²) in [5.74, 6) is 0.259. The van der Waals surface area contributed by atoms with Crippen molar-refractivity contribution in [2.45, 2.75) is 23.8 Å². The number of halogens is 1. The molecule has 1 aromatic rings. The van der Waals surface area contributed by atoms with Crippen LogP contribution in [0.25, 0.3) is 0 Å². The third-order valence-corrected chi connectivity index (χ3v) is 6.45. The zero-order valence-electron chi connectivity index (χ0n) is 11.0. The van der Waals surface area contributed by atoms with Crippen LogP contribution in [-0.2, 0) is 19.7 Å². The first-order chi connectivity index (χ1) is 9.17. The number of benzene rings is 1. The number of anilines is 1. The van der Waals surface area contributed by atoms with Crippen molar-refractivity contribution in [3.8, 4) is 0 Å². The minimum Gasteiger partial charge on any atom is -0.380 e. The molecule has 1 saturated heterocycles. The molecule has 20 heavy (non-hydrogen) atoms. The molecule has 1 heterocycles. The molecule has 1 N–H and O–H groups in total. The van der Waals surface area contributed by atoms with E-state index in [1.807, 2.05) is 0 Å². The van der Waals surface area contributed by atoms with Gasteiger partial charge in [0.25, 0.3) is 0 Å². The van der Waals surface area contributed by atoms with Crippen LogP contribution in [0.3, 0.4) is 0 Å². The quantitative estimate of drug-likeness (QED) is 0.908. The molecule has 1 unspecified atom stereocenters. The molecule has 1 fully saturated rings. The van der Waals surface area contributed by atoms with E-state index in [9.17, 15) is 16.8 Å². The van der Waals surface area contributed by atoms with E-state index in [1.165, 1.54) is 18.2 Å². The van der Waals surface area contributed by atoms with Gasteiger partial charge in [-0.15, -0.1) is 0 Å². The molecule has 1 aliphatic heterocycles. The normalized spacial score (nSPS) is 22.4. The van der Waals surface area contributed by atoms with Gasteiger partial charge >= 0.3 is 0 Å². The Morgan fingerprint density at radius 3 is 2.65 bits per heavy atom. The highest BCUT2D eigenvalue weighted by Crippen LogP contribution is 2.27. The van der Waals surface area contributed by atoms with Gasteiger partial charge < -0.3 is 5.32 Å². The predicted octanol–water partition coefficient (Wildman–Crippen LogP) is 1.73. The molecule has 8 heteroatoms. The van der Waals surface area contributed by atoms with E-state index in [4.69, 9.17) is 11.6 Å². The van der Waals surface area contributed by atoms with E-state index in [2.05, 4.69) is 5.32 Å². The van der Waals surface area contributed by atoms with Gasteiger partial charge in [0.05, 0.1) is 27.1 Å². The molecule has 0 saturated carbocycles. The molecule has 0 aliphatic carbocycles. The van der Waals surface area contributed by atoms with Crippen molar-refractivity contribution in [1.29, 1.82) is 0 Å². The topological polar surface area (TPSA) is 80.3 Å². The maximum atomic E-state index is 11.6. The molecule has 112 valence electrons. The van der Waals surface area contributed by atoms with Crippen LogP contribution in [0.5, 0.6) is 0 Å². The summed E-state index contributed by atoms with van der Waals surface area (Å²) in [4.78, 5) is 0.156. The highest BCUT2D eigenvalue weighted by molar-refractivity contribution is 7.91. The first kappa shape index (κ1) is 15.6. The highest BCUT2D eigenvalue weighted by Gasteiger charge is 2.25. The van der Waals surface area contributed by atoms with E-state index in [-0.39, 0.29) is 22.4 Å². The summed E-state index contributed by atoms with van der Waals surface area (Å²) in [6.07, 6.45) is 2.44. The summed E-state index contributed by atoms with van der Waals surface area (Å²) in [5, 5.41) is 3.42. The monoisotopic (exact) mass is 337 g/mol. The van der Waals surface area contributed by atoms with Gasteiger partial charge in [-0.1, -0.05) is 11.6 Å². The van der Waals surface area contributed by atoms with Gasteiger partial charge in [0.15, 0.2) is 19.7 Å². The molecule has 1 atom stereocenters. The van der Waals surface area contributed by atoms with Gasteiger partial charge in [-0.05, 0) is 31.0 Å². The van der Waals surface area contributed by atoms with Crippen LogP contribution in [0.1, 0.15) is 12.8 Å². The minimum absolute atomic E-state index is 0.0480. The van der Waals surface area contributed by atoms with E-state index >= 15 is 0 Å². The van der Waals surface area contributed by atoms with Crippen molar-refractivity contribution < 1.29 is 16.8 Å². The van der Waals surface area contributed by atoms with Gasteiger partial charge in [0.2, 0.25) is 0 Å². The Balaban J connectivity index is 2.25. The lowest BCUT2D eigenvalue weighted by atomic mass is 10.1. The van der Waals surface area contributed by atoms with Gasteiger partial charge in [0, 0.05) is 12.3 Å². The van der Waals surface area contributed by atoms with Crippen molar-refractivity contribution in [3.05, 3.63) is 23.2 Å². The summed E-state index contributed by atoms with van der Waals surface area (Å²) in [6, 6.07) is 4.14. The lowest BCUT2D eigenvalue weighted by Crippen LogP contribution is -2.34. The molecule has 0 aromatic heterocycles. The van der Waals surface area contributed by atoms with Crippen molar-refractivity contribution >= 4 is 37.0 Å². The molecule has 0 bridgehead atoms. The first-order valence-electron chi connectivity index (χ1n) is 6.14. The summed E-state index contributed by atoms with van der Waals surface area (Å²) in [6.45, 7) is 0. The summed E-state index contributed by atoms with van der Waals surface area (Å²) < 4.78 is 46.2. The number of hydrogen-bond acceptors (Lipinski definition) is 5. The second kappa shape index (κ2) is 5.54. The second-order valence-corrected chi connectivity index (χ2v) is 9.66. The number of nitrogens with one attached hydrogen (secondary N) is 1. The molecule has 0 radical (unpaired) electrons. The maximum Gasteiger partial charge on any atom is 0.175 e. The summed E-state index contributed by atoms with van der Waals surface area (Å²) >= 11 is 6.03. The summed E-state index contributed by atoms with van der Waals surface area (Å²) in [5.41, 5.74) is 0.455. The Morgan fingerprint density at radius 2 is 2.05 bits per heavy atom. The van der Waals surface area contributed by atoms with Gasteiger partial charge in [-0.3, -0.25) is 0 Å². The van der Waals surface area contributed by atoms with Crippen molar-refractivity contribution in [3.63, 3.8) is 0 Å². The smallest absolute Gasteiger partial charge is 0.175 e. The predicted molar refractivity (Wildman–Crippen MR) is 79.9 cm³/mol. The molecular formula is C12H16ClNO4S2. The lowest BCUT2D eigenvalue weighted by molar-refractivity contribution is 0.562. The SMILES string of the molecule is CS(=O)(=O)c1ccc(Cl)c(NC2CCCS(=O)(=O)C2)c1. The van der Waals surface area contributed by atoms with Gasteiger partial charge in [-0.2, -0.15) is 0 Å². The standard InChI is InChI=1S/C12H16ClNO4S2/c1-19(15,16)10-4-5-11(13)12(7-10)14-9-3-2-6-20(17,18)8-9/h4-5,7,9,14H,2-3,6,8H2,1H3. The van der Waals surface area contributed by atoms with Gasteiger partial charge in [-0.25, -0.2) is 16.8 Å². The van der Waals surface area contributed by atoms with Crippen LogP contribution in [0.15, 0.2) is 23.1 Å². The average molecular weight is 338 g/mol. The molecule has 2 rings (SSSR count). The molecule has 1 aliphatic rings. The Kier molecular flexibility index (Phi) is 4.32. The van der Waals surface area contributed by atoms with Gasteiger partial charge in [0.1, 0.15) is 0 Å². The fourth-order valence-corrected chi connectivity index (χ4v) is 4.66. The average Bonchev–Trinajstić information content (AvgIpc) is 2.29. The molecular weight excluding hydrogens is 322 g/mol. The number of hydrogen-bond donors (Lipinski definition) is 1. The van der Waals surface area contributed by atoms with Crippen LogP contribution in [0.2, 0.25) is 5.02 Å². The largest absolute Gasteiger partial charge is 0.380 e. The Hall–Kier alpha value is -0.790. The van der Waals surface area contributed by atoms with E-state index in [0.717, 1.165) is 12.7 Å². The highest BCUT2D eigenvalue weighted by atomic mass is 35.5. The van der Waals surface area contributed by atoms with Crippen molar-refractivity contribution in [2.24, 2.45) is 0 Å². The molecule has 0 spiro atoms. The molecule has 0 amide bonds. The van der Waals surface area contributed by atoms with Crippen LogP contribution in [0.4, 0.5) is 5.69 Å². The third kappa shape index (κ3) is 3.86. The fraction of sp³-hybridized carbons (Fsp3) is 0.500. The van der Waals surface area contributed by atoms with E-state index in [1.54, 1.807) is 0 Å². The van der Waals surface area contributed by atoms with Crippen molar-refractivity contribution in [2.75, 3.05) is 23.1 Å². The number of sulfone groups is 2. The zero-order valence-corrected chi connectivity index (χ0v) is 13.4. The van der Waals surface area contributed by atoms with E-state index < -0.39 is 19.7 Å². The minimum atomic E-state index is -3.32. The molecule has 1 aromatic carbocycles. The van der Waals surface area contributed by atoms with Crippen LogP contribution >= 0.6 is 11.6 Å².